The predicted octanol–water partition coefficient (Wildman–Crippen LogP) is 6.80. The summed E-state index contributed by atoms with van der Waals surface area (Å²) in [6, 6.07) is 23.3. The van der Waals surface area contributed by atoms with Gasteiger partial charge >= 0.3 is 0 Å². The molecule has 0 unspecified atom stereocenters. The summed E-state index contributed by atoms with van der Waals surface area (Å²) in [5.74, 6) is 1.28. The maximum atomic E-state index is 13.1. The molecular formula is C38H38Cl2N4O3. The van der Waals surface area contributed by atoms with Crippen LogP contribution in [0.2, 0.25) is 10.0 Å². The molecule has 7 nitrogen and oxygen atoms in total. The molecule has 0 N–H and O–H groups in total. The van der Waals surface area contributed by atoms with Crippen LogP contribution in [-0.2, 0) is 20.4 Å². The largest absolute Gasteiger partial charge is 0.619 e. The number of carbonyl (C=O) groups excluding carboxylic acids is 2. The number of amides is 2. The van der Waals surface area contributed by atoms with E-state index in [1.165, 1.54) is 18.0 Å². The van der Waals surface area contributed by atoms with Crippen LogP contribution < -0.4 is 4.73 Å². The third-order valence-corrected chi connectivity index (χ3v) is 11.0. The molecular weight excluding hydrogens is 631 g/mol. The fourth-order valence-electron chi connectivity index (χ4n) is 7.41. The quantitative estimate of drug-likeness (QED) is 0.167. The normalized spacial score (nSPS) is 21.9. The SMILES string of the molecule is O=C(N1CC[C@@H](c2cc[n+]([O-])cc2)C1)C1(c2ccc(Cl)cc2)CC1.O=C(N1CC[C@@H](c2ccncc2)C1)C1(c2ccc(Cl)cc2)CC1. The van der Waals surface area contributed by atoms with Crippen LogP contribution in [0.4, 0.5) is 0 Å². The van der Waals surface area contributed by atoms with Gasteiger partial charge in [0.15, 0.2) is 12.4 Å². The van der Waals surface area contributed by atoms with Gasteiger partial charge in [-0.25, -0.2) is 0 Å². The van der Waals surface area contributed by atoms with Crippen molar-refractivity contribution in [3.05, 3.63) is 135 Å². The van der Waals surface area contributed by atoms with Gasteiger partial charge < -0.3 is 15.0 Å². The zero-order valence-electron chi connectivity index (χ0n) is 26.2. The molecule has 8 rings (SSSR count). The van der Waals surface area contributed by atoms with Crippen LogP contribution in [0.15, 0.2) is 97.6 Å². The molecule has 0 bridgehead atoms. The van der Waals surface area contributed by atoms with Crippen LogP contribution in [0.1, 0.15) is 72.6 Å². The average Bonchev–Trinajstić information content (AvgIpc) is 3.98. The highest BCUT2D eigenvalue weighted by atomic mass is 35.5. The van der Waals surface area contributed by atoms with Crippen molar-refractivity contribution in [2.24, 2.45) is 0 Å². The van der Waals surface area contributed by atoms with E-state index in [4.69, 9.17) is 23.2 Å². The lowest BCUT2D eigenvalue weighted by atomic mass is 9.94. The van der Waals surface area contributed by atoms with Crippen molar-refractivity contribution in [1.82, 2.24) is 14.8 Å². The highest BCUT2D eigenvalue weighted by Gasteiger charge is 2.54. The first-order valence-corrected chi connectivity index (χ1v) is 17.2. The van der Waals surface area contributed by atoms with E-state index >= 15 is 0 Å². The first kappa shape index (κ1) is 31.6. The van der Waals surface area contributed by atoms with Crippen molar-refractivity contribution in [1.29, 1.82) is 0 Å². The van der Waals surface area contributed by atoms with Crippen molar-refractivity contribution in [3.8, 4) is 0 Å². The van der Waals surface area contributed by atoms with E-state index in [1.54, 1.807) is 0 Å². The van der Waals surface area contributed by atoms with Gasteiger partial charge in [-0.05, 0) is 97.2 Å². The van der Waals surface area contributed by atoms with Crippen molar-refractivity contribution in [2.45, 2.75) is 61.2 Å². The third kappa shape index (κ3) is 6.48. The van der Waals surface area contributed by atoms with Gasteiger partial charge in [0.25, 0.3) is 0 Å². The van der Waals surface area contributed by atoms with Gasteiger partial charge in [0.2, 0.25) is 11.8 Å². The van der Waals surface area contributed by atoms with Crippen molar-refractivity contribution in [3.63, 3.8) is 0 Å². The van der Waals surface area contributed by atoms with Crippen molar-refractivity contribution < 1.29 is 14.3 Å². The molecule has 47 heavy (non-hydrogen) atoms. The monoisotopic (exact) mass is 668 g/mol. The number of likely N-dealkylation sites (tertiary alicyclic amines) is 2. The number of rotatable bonds is 6. The second-order valence-electron chi connectivity index (χ2n) is 13.4. The molecule has 4 aliphatic rings. The number of hydrogen-bond acceptors (Lipinski definition) is 4. The Morgan fingerprint density at radius 2 is 1.06 bits per heavy atom. The maximum absolute atomic E-state index is 13.1. The van der Waals surface area contributed by atoms with E-state index in [2.05, 4.69) is 17.1 Å². The fraction of sp³-hybridized carbons (Fsp3) is 0.368. The van der Waals surface area contributed by atoms with E-state index in [1.807, 2.05) is 82.9 Å². The molecule has 9 heteroatoms. The molecule has 2 saturated heterocycles. The van der Waals surface area contributed by atoms with Gasteiger partial charge in [-0.1, -0.05) is 47.5 Å². The average molecular weight is 670 g/mol. The number of benzene rings is 2. The Hall–Kier alpha value is -3.94. The Morgan fingerprint density at radius 1 is 0.660 bits per heavy atom. The fourth-order valence-corrected chi connectivity index (χ4v) is 7.66. The smallest absolute Gasteiger partial charge is 0.233 e. The van der Waals surface area contributed by atoms with Gasteiger partial charge in [0, 0.05) is 72.6 Å². The molecule has 4 aromatic rings. The summed E-state index contributed by atoms with van der Waals surface area (Å²) in [5, 5.41) is 12.6. The molecule has 2 aliphatic carbocycles. The molecule has 0 spiro atoms. The van der Waals surface area contributed by atoms with Crippen molar-refractivity contribution in [2.75, 3.05) is 26.2 Å². The van der Waals surface area contributed by atoms with Gasteiger partial charge in [-0.3, -0.25) is 14.6 Å². The summed E-state index contributed by atoms with van der Waals surface area (Å²) >= 11 is 11.9. The van der Waals surface area contributed by atoms with Gasteiger partial charge in [-0.2, -0.15) is 4.73 Å². The van der Waals surface area contributed by atoms with Crippen LogP contribution in [0.25, 0.3) is 0 Å². The van der Waals surface area contributed by atoms with E-state index in [-0.39, 0.29) is 22.6 Å². The Kier molecular flexibility index (Phi) is 8.71. The van der Waals surface area contributed by atoms with Crippen LogP contribution in [0, 0.1) is 5.21 Å². The number of halogens is 2. The number of hydrogen-bond donors (Lipinski definition) is 0. The lowest BCUT2D eigenvalue weighted by Gasteiger charge is -2.24. The van der Waals surface area contributed by atoms with Crippen LogP contribution in [0.3, 0.4) is 0 Å². The molecule has 2 atom stereocenters. The summed E-state index contributed by atoms with van der Waals surface area (Å²) in [6.07, 6.45) is 12.4. The molecule has 2 aromatic heterocycles. The molecule has 2 aromatic carbocycles. The number of pyridine rings is 2. The minimum atomic E-state index is -0.339. The maximum Gasteiger partial charge on any atom is 0.233 e. The first-order chi connectivity index (χ1) is 22.8. The molecule has 2 aliphatic heterocycles. The number of nitrogens with zero attached hydrogens (tertiary/aromatic N) is 4. The minimum absolute atomic E-state index is 0.238. The highest BCUT2D eigenvalue weighted by molar-refractivity contribution is 6.30. The Balaban J connectivity index is 0.000000150. The first-order valence-electron chi connectivity index (χ1n) is 16.5. The minimum Gasteiger partial charge on any atom is -0.619 e. The molecule has 4 fully saturated rings. The van der Waals surface area contributed by atoms with Crippen LogP contribution >= 0.6 is 23.2 Å². The molecule has 4 heterocycles. The Morgan fingerprint density at radius 3 is 1.47 bits per heavy atom. The lowest BCUT2D eigenvalue weighted by molar-refractivity contribution is -0.605. The highest BCUT2D eigenvalue weighted by Crippen LogP contribution is 2.51. The van der Waals surface area contributed by atoms with Gasteiger partial charge in [0.05, 0.1) is 10.8 Å². The zero-order chi connectivity index (χ0) is 32.6. The molecule has 2 saturated carbocycles. The van der Waals surface area contributed by atoms with E-state index in [0.717, 1.165) is 91.1 Å². The lowest BCUT2D eigenvalue weighted by Crippen LogP contribution is -2.37. The van der Waals surface area contributed by atoms with Crippen LogP contribution in [-0.4, -0.2) is 52.8 Å². The zero-order valence-corrected chi connectivity index (χ0v) is 27.7. The summed E-state index contributed by atoms with van der Waals surface area (Å²) in [4.78, 5) is 34.3. The molecule has 2 amide bonds. The van der Waals surface area contributed by atoms with Gasteiger partial charge in [-0.15, -0.1) is 0 Å². The number of carbonyl (C=O) groups is 2. The van der Waals surface area contributed by atoms with E-state index in [0.29, 0.717) is 16.9 Å². The second kappa shape index (κ2) is 12.9. The van der Waals surface area contributed by atoms with E-state index in [9.17, 15) is 14.8 Å². The van der Waals surface area contributed by atoms with E-state index < -0.39 is 0 Å². The predicted molar refractivity (Wildman–Crippen MR) is 182 cm³/mol. The van der Waals surface area contributed by atoms with Crippen LogP contribution in [0.5, 0.6) is 0 Å². The van der Waals surface area contributed by atoms with Gasteiger partial charge in [0.1, 0.15) is 0 Å². The Bertz CT molecular complexity index is 1720. The summed E-state index contributed by atoms with van der Waals surface area (Å²) < 4.78 is 0.793. The summed E-state index contributed by atoms with van der Waals surface area (Å²) in [5.41, 5.74) is 3.97. The Labute approximate surface area is 285 Å². The topological polar surface area (TPSA) is 80.4 Å². The molecule has 242 valence electrons. The van der Waals surface area contributed by atoms with Crippen molar-refractivity contribution >= 4 is 35.0 Å². The molecule has 0 radical (unpaired) electrons. The number of aromatic nitrogens is 2. The second-order valence-corrected chi connectivity index (χ2v) is 14.3. The summed E-state index contributed by atoms with van der Waals surface area (Å²) in [7, 11) is 0. The standard InChI is InChI=1S/C19H19ClN2O2.C19H19ClN2O/c20-17-3-1-16(2-4-17)19(8-9-19)18(23)21-10-5-15(13-21)14-6-11-22(24)12-7-14;20-17-3-1-16(2-4-17)19(8-9-19)18(23)22-12-7-15(13-22)14-5-10-21-11-6-14/h1-4,6-7,11-12,15H,5,8-10,13H2;1-6,10-11,15H,7-9,12-13H2/t2*15-/m11/s1. The third-order valence-electron chi connectivity index (χ3n) is 10.5. The summed E-state index contributed by atoms with van der Waals surface area (Å²) in [6.45, 7) is 3.18.